The van der Waals surface area contributed by atoms with Crippen molar-refractivity contribution < 1.29 is 9.90 Å². The molecule has 2 rings (SSSR count). The zero-order valence-electron chi connectivity index (χ0n) is 12.7. The van der Waals surface area contributed by atoms with E-state index in [4.69, 9.17) is 5.26 Å². The first-order valence-electron chi connectivity index (χ1n) is 7.50. The van der Waals surface area contributed by atoms with Crippen molar-refractivity contribution in [1.82, 2.24) is 4.90 Å². The molecule has 1 heterocycles. The van der Waals surface area contributed by atoms with Crippen molar-refractivity contribution >= 4 is 5.97 Å². The number of rotatable bonds is 5. The van der Waals surface area contributed by atoms with E-state index in [0.29, 0.717) is 18.5 Å². The van der Waals surface area contributed by atoms with E-state index in [-0.39, 0.29) is 6.04 Å². The van der Waals surface area contributed by atoms with Gasteiger partial charge in [-0.15, -0.1) is 0 Å². The second kappa shape index (κ2) is 6.28. The highest BCUT2D eigenvalue weighted by Crippen LogP contribution is 2.39. The molecule has 1 saturated heterocycles. The van der Waals surface area contributed by atoms with Crippen LogP contribution in [0.25, 0.3) is 0 Å². The summed E-state index contributed by atoms with van der Waals surface area (Å²) in [4.78, 5) is 13.9. The number of carbonyl (C=O) groups is 1. The molecule has 1 aliphatic heterocycles. The van der Waals surface area contributed by atoms with Crippen LogP contribution in [0.3, 0.4) is 0 Å². The second-order valence-electron chi connectivity index (χ2n) is 5.97. The van der Waals surface area contributed by atoms with E-state index < -0.39 is 11.4 Å². The molecule has 1 N–H and O–H groups in total. The van der Waals surface area contributed by atoms with Crippen molar-refractivity contribution in [3.8, 4) is 6.07 Å². The quantitative estimate of drug-likeness (QED) is 0.902. The lowest BCUT2D eigenvalue weighted by atomic mass is 9.82. The summed E-state index contributed by atoms with van der Waals surface area (Å²) in [5.41, 5.74) is 1.12. The number of nitrogens with zero attached hydrogens (tertiary/aromatic N) is 2. The van der Waals surface area contributed by atoms with Crippen LogP contribution >= 0.6 is 0 Å². The molecule has 2 atom stereocenters. The summed E-state index contributed by atoms with van der Waals surface area (Å²) in [6.07, 6.45) is 2.32. The highest BCUT2D eigenvalue weighted by atomic mass is 16.4. The predicted octanol–water partition coefficient (Wildman–Crippen LogP) is 3.20. The molecule has 112 valence electrons. The number of aliphatic carboxylic acids is 1. The van der Waals surface area contributed by atoms with Crippen LogP contribution in [0, 0.1) is 16.7 Å². The minimum absolute atomic E-state index is 0.136. The molecule has 1 aromatic carbocycles. The largest absolute Gasteiger partial charge is 0.481 e. The molecule has 0 spiro atoms. The number of carboxylic acids is 1. The van der Waals surface area contributed by atoms with Gasteiger partial charge in [-0.25, -0.2) is 0 Å². The maximum Gasteiger partial charge on any atom is 0.310 e. The van der Waals surface area contributed by atoms with Gasteiger partial charge in [-0.2, -0.15) is 5.26 Å². The molecule has 1 fully saturated rings. The Hall–Kier alpha value is -1.86. The Kier molecular flexibility index (Phi) is 4.64. The molecular formula is C17H22N2O2. The highest BCUT2D eigenvalue weighted by molar-refractivity contribution is 5.75. The molecule has 0 saturated carbocycles. The third kappa shape index (κ3) is 3.08. The van der Waals surface area contributed by atoms with Gasteiger partial charge in [0.25, 0.3) is 0 Å². The summed E-state index contributed by atoms with van der Waals surface area (Å²) in [6, 6.07) is 9.87. The maximum absolute atomic E-state index is 11.6. The Labute approximate surface area is 126 Å². The van der Waals surface area contributed by atoms with Crippen molar-refractivity contribution in [2.75, 3.05) is 13.1 Å². The number of hydrogen-bond donors (Lipinski definition) is 1. The van der Waals surface area contributed by atoms with Gasteiger partial charge in [0.05, 0.1) is 17.0 Å². The first-order chi connectivity index (χ1) is 10.0. The Balaban J connectivity index is 2.16. The smallest absolute Gasteiger partial charge is 0.310 e. The Bertz CT molecular complexity index is 564. The van der Waals surface area contributed by atoms with Crippen molar-refractivity contribution in [2.45, 2.75) is 39.2 Å². The van der Waals surface area contributed by atoms with Crippen LogP contribution in [-0.2, 0) is 4.79 Å². The Morgan fingerprint density at radius 2 is 2.33 bits per heavy atom. The van der Waals surface area contributed by atoms with E-state index in [9.17, 15) is 9.90 Å². The number of nitriles is 1. The van der Waals surface area contributed by atoms with Crippen LogP contribution in [0.15, 0.2) is 24.3 Å². The monoisotopic (exact) mass is 286 g/mol. The molecule has 0 aromatic heterocycles. The lowest BCUT2D eigenvalue weighted by Gasteiger charge is -2.28. The topological polar surface area (TPSA) is 64.3 Å². The van der Waals surface area contributed by atoms with Crippen LogP contribution in [0.5, 0.6) is 0 Å². The highest BCUT2D eigenvalue weighted by Gasteiger charge is 2.45. The normalized spacial score (nSPS) is 23.7. The molecule has 1 aromatic rings. The molecular weight excluding hydrogens is 264 g/mol. The summed E-state index contributed by atoms with van der Waals surface area (Å²) >= 11 is 0. The van der Waals surface area contributed by atoms with E-state index in [1.54, 1.807) is 6.07 Å². The molecule has 2 unspecified atom stereocenters. The SMILES string of the molecule is CCCC1(C(=O)O)CCN(C(C)c2cccc(C#N)c2)C1. The molecule has 4 nitrogen and oxygen atoms in total. The number of likely N-dealkylation sites (tertiary alicyclic amines) is 1. The fraction of sp³-hybridized carbons (Fsp3) is 0.529. The first kappa shape index (κ1) is 15.5. The standard InChI is InChI=1S/C17H22N2O2/c1-3-7-17(16(20)21)8-9-19(12-17)13(2)15-6-4-5-14(10-15)11-18/h4-6,10,13H,3,7-9,12H2,1-2H3,(H,20,21). The molecule has 0 radical (unpaired) electrons. The first-order valence-corrected chi connectivity index (χ1v) is 7.50. The minimum atomic E-state index is -0.676. The molecule has 1 aliphatic rings. The van der Waals surface area contributed by atoms with Crippen LogP contribution in [-0.4, -0.2) is 29.1 Å². The van der Waals surface area contributed by atoms with E-state index in [0.717, 1.165) is 24.9 Å². The number of carboxylic acid groups (broad SMARTS) is 1. The van der Waals surface area contributed by atoms with Crippen molar-refractivity contribution in [2.24, 2.45) is 5.41 Å². The van der Waals surface area contributed by atoms with Crippen LogP contribution < -0.4 is 0 Å². The maximum atomic E-state index is 11.6. The summed E-state index contributed by atoms with van der Waals surface area (Å²) in [7, 11) is 0. The predicted molar refractivity (Wildman–Crippen MR) is 80.7 cm³/mol. The van der Waals surface area contributed by atoms with Gasteiger partial charge in [0, 0.05) is 12.6 Å². The van der Waals surface area contributed by atoms with Crippen molar-refractivity contribution in [1.29, 1.82) is 5.26 Å². The molecule has 0 amide bonds. The fourth-order valence-corrected chi connectivity index (χ4v) is 3.28. The Morgan fingerprint density at radius 3 is 2.95 bits per heavy atom. The number of benzene rings is 1. The van der Waals surface area contributed by atoms with Crippen LogP contribution in [0.4, 0.5) is 0 Å². The zero-order chi connectivity index (χ0) is 15.5. The summed E-state index contributed by atoms with van der Waals surface area (Å²) in [5, 5.41) is 18.6. The lowest BCUT2D eigenvalue weighted by Crippen LogP contribution is -2.35. The van der Waals surface area contributed by atoms with E-state index >= 15 is 0 Å². The minimum Gasteiger partial charge on any atom is -0.481 e. The van der Waals surface area contributed by atoms with E-state index in [1.165, 1.54) is 0 Å². The van der Waals surface area contributed by atoms with Crippen LogP contribution in [0.2, 0.25) is 0 Å². The zero-order valence-corrected chi connectivity index (χ0v) is 12.7. The van der Waals surface area contributed by atoms with Crippen molar-refractivity contribution in [3.63, 3.8) is 0 Å². The molecule has 0 aliphatic carbocycles. The summed E-state index contributed by atoms with van der Waals surface area (Å²) in [6.45, 7) is 5.51. The average molecular weight is 286 g/mol. The van der Waals surface area contributed by atoms with Gasteiger partial charge in [-0.3, -0.25) is 9.69 Å². The summed E-state index contributed by atoms with van der Waals surface area (Å²) in [5.74, 6) is -0.676. The van der Waals surface area contributed by atoms with Gasteiger partial charge >= 0.3 is 5.97 Å². The fourth-order valence-electron chi connectivity index (χ4n) is 3.28. The molecule has 21 heavy (non-hydrogen) atoms. The van der Waals surface area contributed by atoms with Gasteiger partial charge in [0.1, 0.15) is 0 Å². The Morgan fingerprint density at radius 1 is 1.57 bits per heavy atom. The lowest BCUT2D eigenvalue weighted by molar-refractivity contribution is -0.148. The molecule has 0 bridgehead atoms. The number of hydrogen-bond acceptors (Lipinski definition) is 3. The van der Waals surface area contributed by atoms with Gasteiger partial charge in [-0.05, 0) is 44.0 Å². The van der Waals surface area contributed by atoms with Gasteiger partial charge < -0.3 is 5.11 Å². The third-order valence-corrected chi connectivity index (χ3v) is 4.61. The van der Waals surface area contributed by atoms with E-state index in [2.05, 4.69) is 17.9 Å². The molecule has 4 heteroatoms. The average Bonchev–Trinajstić information content (AvgIpc) is 2.92. The van der Waals surface area contributed by atoms with Gasteiger partial charge in [-0.1, -0.05) is 25.5 Å². The van der Waals surface area contributed by atoms with Gasteiger partial charge in [0.15, 0.2) is 0 Å². The van der Waals surface area contributed by atoms with Crippen molar-refractivity contribution in [3.05, 3.63) is 35.4 Å². The third-order valence-electron chi connectivity index (χ3n) is 4.61. The van der Waals surface area contributed by atoms with Gasteiger partial charge in [0.2, 0.25) is 0 Å². The summed E-state index contributed by atoms with van der Waals surface area (Å²) < 4.78 is 0. The van der Waals surface area contributed by atoms with Crippen LogP contribution in [0.1, 0.15) is 50.3 Å². The second-order valence-corrected chi connectivity index (χ2v) is 5.97. The van der Waals surface area contributed by atoms with E-state index in [1.807, 2.05) is 25.1 Å².